The van der Waals surface area contributed by atoms with E-state index in [4.69, 9.17) is 16.3 Å². The van der Waals surface area contributed by atoms with Crippen molar-refractivity contribution in [3.05, 3.63) is 34.9 Å². The molecule has 2 unspecified atom stereocenters. The molecule has 2 atom stereocenters. The fraction of sp³-hybridized carbons (Fsp3) is 0.467. The number of halogens is 1. The first-order chi connectivity index (χ1) is 10.5. The van der Waals surface area contributed by atoms with Gasteiger partial charge in [-0.3, -0.25) is 4.79 Å². The second-order valence-electron chi connectivity index (χ2n) is 5.12. The van der Waals surface area contributed by atoms with E-state index in [1.165, 1.54) is 4.90 Å². The molecular formula is C15H20ClN3O3. The van der Waals surface area contributed by atoms with E-state index in [1.54, 1.807) is 26.2 Å². The van der Waals surface area contributed by atoms with E-state index in [0.29, 0.717) is 24.7 Å². The molecule has 7 heteroatoms. The molecule has 22 heavy (non-hydrogen) atoms. The molecule has 1 aromatic rings. The molecule has 1 aliphatic rings. The lowest BCUT2D eigenvalue weighted by molar-refractivity contribution is -0.126. The van der Waals surface area contributed by atoms with Gasteiger partial charge < -0.3 is 20.3 Å². The SMILES string of the molecule is COC(CNC(=O)N1CCNC(=O)C1C)c1ccc(Cl)cc1. The zero-order valence-corrected chi connectivity index (χ0v) is 13.4. The van der Waals surface area contributed by atoms with Gasteiger partial charge in [-0.05, 0) is 24.6 Å². The second-order valence-corrected chi connectivity index (χ2v) is 5.56. The highest BCUT2D eigenvalue weighted by Gasteiger charge is 2.29. The molecule has 0 radical (unpaired) electrons. The second kappa shape index (κ2) is 7.47. The normalized spacial score (nSPS) is 19.5. The van der Waals surface area contributed by atoms with Crippen LogP contribution in [-0.4, -0.2) is 49.6 Å². The highest BCUT2D eigenvalue weighted by Crippen LogP contribution is 2.18. The van der Waals surface area contributed by atoms with E-state index in [-0.39, 0.29) is 18.0 Å². The van der Waals surface area contributed by atoms with E-state index in [9.17, 15) is 9.59 Å². The molecule has 1 aliphatic heterocycles. The minimum Gasteiger partial charge on any atom is -0.375 e. The van der Waals surface area contributed by atoms with Crippen LogP contribution in [0.4, 0.5) is 4.79 Å². The average molecular weight is 326 g/mol. The van der Waals surface area contributed by atoms with Gasteiger partial charge in [-0.25, -0.2) is 4.79 Å². The number of benzene rings is 1. The average Bonchev–Trinajstić information content (AvgIpc) is 2.52. The van der Waals surface area contributed by atoms with Crippen LogP contribution in [0.25, 0.3) is 0 Å². The molecule has 2 rings (SSSR count). The summed E-state index contributed by atoms with van der Waals surface area (Å²) >= 11 is 5.86. The lowest BCUT2D eigenvalue weighted by Gasteiger charge is -2.33. The van der Waals surface area contributed by atoms with Crippen molar-refractivity contribution in [3.63, 3.8) is 0 Å². The van der Waals surface area contributed by atoms with E-state index >= 15 is 0 Å². The number of carbonyl (C=O) groups excluding carboxylic acids is 2. The van der Waals surface area contributed by atoms with Gasteiger partial charge in [-0.1, -0.05) is 23.7 Å². The fourth-order valence-electron chi connectivity index (χ4n) is 2.36. The largest absolute Gasteiger partial charge is 0.375 e. The predicted octanol–water partition coefficient (Wildman–Crippen LogP) is 1.56. The standard InChI is InChI=1S/C15H20ClN3O3/c1-10-14(20)17-7-8-19(10)15(21)18-9-13(22-2)11-3-5-12(16)6-4-11/h3-6,10,13H,7-9H2,1-2H3,(H,17,20)(H,18,21). The molecule has 1 saturated heterocycles. The first kappa shape index (κ1) is 16.6. The molecule has 1 heterocycles. The van der Waals surface area contributed by atoms with E-state index in [0.717, 1.165) is 5.56 Å². The molecule has 3 amide bonds. The maximum Gasteiger partial charge on any atom is 0.318 e. The van der Waals surface area contributed by atoms with Crippen LogP contribution < -0.4 is 10.6 Å². The van der Waals surface area contributed by atoms with Gasteiger partial charge in [-0.15, -0.1) is 0 Å². The van der Waals surface area contributed by atoms with Crippen molar-refractivity contribution in [1.29, 1.82) is 0 Å². The highest BCUT2D eigenvalue weighted by molar-refractivity contribution is 6.30. The number of urea groups is 1. The van der Waals surface area contributed by atoms with Crippen molar-refractivity contribution in [3.8, 4) is 0 Å². The number of hydrogen-bond donors (Lipinski definition) is 2. The summed E-state index contributed by atoms with van der Waals surface area (Å²) in [7, 11) is 1.59. The lowest BCUT2D eigenvalue weighted by atomic mass is 10.1. The number of rotatable bonds is 4. The van der Waals surface area contributed by atoms with Crippen molar-refractivity contribution < 1.29 is 14.3 Å². The molecule has 1 aromatic carbocycles. The molecule has 0 aliphatic carbocycles. The monoisotopic (exact) mass is 325 g/mol. The number of methoxy groups -OCH3 is 1. The predicted molar refractivity (Wildman–Crippen MR) is 83.8 cm³/mol. The smallest absolute Gasteiger partial charge is 0.318 e. The van der Waals surface area contributed by atoms with Crippen molar-refractivity contribution in [2.45, 2.75) is 19.1 Å². The zero-order chi connectivity index (χ0) is 16.1. The Hall–Kier alpha value is -1.79. The van der Waals surface area contributed by atoms with Gasteiger partial charge in [0.05, 0.1) is 6.10 Å². The molecule has 2 N–H and O–H groups in total. The number of nitrogens with zero attached hydrogens (tertiary/aromatic N) is 1. The maximum absolute atomic E-state index is 12.2. The Balaban J connectivity index is 1.93. The summed E-state index contributed by atoms with van der Waals surface area (Å²) < 4.78 is 5.41. The van der Waals surface area contributed by atoms with Crippen LogP contribution in [0.5, 0.6) is 0 Å². The van der Waals surface area contributed by atoms with E-state index < -0.39 is 6.04 Å². The molecule has 0 aromatic heterocycles. The van der Waals surface area contributed by atoms with Crippen LogP contribution in [-0.2, 0) is 9.53 Å². The minimum absolute atomic E-state index is 0.137. The van der Waals surface area contributed by atoms with Crippen molar-refractivity contribution in [1.82, 2.24) is 15.5 Å². The van der Waals surface area contributed by atoms with Gasteiger partial charge in [0, 0.05) is 31.8 Å². The van der Waals surface area contributed by atoms with Crippen LogP contribution in [0.2, 0.25) is 5.02 Å². The Labute approximate surface area is 134 Å². The molecule has 120 valence electrons. The third kappa shape index (κ3) is 3.90. The number of carbonyl (C=O) groups is 2. The lowest BCUT2D eigenvalue weighted by Crippen LogP contribution is -2.58. The molecule has 6 nitrogen and oxygen atoms in total. The number of amides is 3. The maximum atomic E-state index is 12.2. The van der Waals surface area contributed by atoms with Crippen LogP contribution in [0, 0.1) is 0 Å². The summed E-state index contributed by atoms with van der Waals surface area (Å²) in [6.07, 6.45) is -0.268. The number of piperazine rings is 1. The Morgan fingerprint density at radius 2 is 2.18 bits per heavy atom. The molecule has 1 fully saturated rings. The number of nitrogens with one attached hydrogen (secondary N) is 2. The quantitative estimate of drug-likeness (QED) is 0.882. The van der Waals surface area contributed by atoms with Gasteiger partial charge in [0.15, 0.2) is 0 Å². The van der Waals surface area contributed by atoms with Crippen LogP contribution in [0.1, 0.15) is 18.6 Å². The van der Waals surface area contributed by atoms with Gasteiger partial charge in [-0.2, -0.15) is 0 Å². The Bertz CT molecular complexity index is 535. The van der Waals surface area contributed by atoms with Crippen LogP contribution >= 0.6 is 11.6 Å². The Morgan fingerprint density at radius 1 is 1.50 bits per heavy atom. The van der Waals surface area contributed by atoms with Gasteiger partial charge in [0.25, 0.3) is 0 Å². The van der Waals surface area contributed by atoms with E-state index in [1.807, 2.05) is 12.1 Å². The van der Waals surface area contributed by atoms with Gasteiger partial charge in [0.2, 0.25) is 5.91 Å². The minimum atomic E-state index is -0.467. The third-order valence-corrected chi connectivity index (χ3v) is 3.98. The number of ether oxygens (including phenoxy) is 1. The first-order valence-electron chi connectivity index (χ1n) is 7.13. The first-order valence-corrected chi connectivity index (χ1v) is 7.51. The van der Waals surface area contributed by atoms with Crippen LogP contribution in [0.15, 0.2) is 24.3 Å². The molecule has 0 bridgehead atoms. The van der Waals surface area contributed by atoms with Gasteiger partial charge in [0.1, 0.15) is 6.04 Å². The summed E-state index contributed by atoms with van der Waals surface area (Å²) in [5, 5.41) is 6.19. The zero-order valence-electron chi connectivity index (χ0n) is 12.6. The molecular weight excluding hydrogens is 306 g/mol. The fourth-order valence-corrected chi connectivity index (χ4v) is 2.48. The van der Waals surface area contributed by atoms with Crippen LogP contribution in [0.3, 0.4) is 0 Å². The Morgan fingerprint density at radius 3 is 2.82 bits per heavy atom. The topological polar surface area (TPSA) is 70.7 Å². The Kier molecular flexibility index (Phi) is 5.63. The molecule has 0 saturated carbocycles. The summed E-state index contributed by atoms with van der Waals surface area (Å²) in [5.74, 6) is -0.137. The summed E-state index contributed by atoms with van der Waals surface area (Å²) in [6.45, 7) is 3.00. The summed E-state index contributed by atoms with van der Waals surface area (Å²) in [4.78, 5) is 25.3. The highest BCUT2D eigenvalue weighted by atomic mass is 35.5. The van der Waals surface area contributed by atoms with Crippen molar-refractivity contribution >= 4 is 23.5 Å². The summed E-state index contributed by atoms with van der Waals surface area (Å²) in [6, 6.07) is 6.55. The van der Waals surface area contributed by atoms with Crippen molar-refractivity contribution in [2.24, 2.45) is 0 Å². The van der Waals surface area contributed by atoms with Gasteiger partial charge >= 0.3 is 6.03 Å². The summed E-state index contributed by atoms with van der Waals surface area (Å²) in [5.41, 5.74) is 0.927. The third-order valence-electron chi connectivity index (χ3n) is 3.72. The number of hydrogen-bond acceptors (Lipinski definition) is 3. The molecule has 0 spiro atoms. The van der Waals surface area contributed by atoms with Crippen molar-refractivity contribution in [2.75, 3.05) is 26.7 Å². The van der Waals surface area contributed by atoms with E-state index in [2.05, 4.69) is 10.6 Å².